The molecule has 0 bridgehead atoms. The van der Waals surface area contributed by atoms with Crippen LogP contribution in [-0.4, -0.2) is 44.2 Å². The van der Waals surface area contributed by atoms with E-state index in [1.54, 1.807) is 7.11 Å². The largest absolute Gasteiger partial charge is 0.497 e. The Balaban J connectivity index is 1.54. The molecule has 0 atom stereocenters. The number of benzene rings is 3. The lowest BCUT2D eigenvalue weighted by molar-refractivity contribution is 0.209. The predicted octanol–water partition coefficient (Wildman–Crippen LogP) is 7.44. The Labute approximate surface area is 218 Å². The molecule has 5 heteroatoms. The van der Waals surface area contributed by atoms with Crippen molar-refractivity contribution in [3.63, 3.8) is 0 Å². The zero-order valence-electron chi connectivity index (χ0n) is 20.7. The van der Waals surface area contributed by atoms with Crippen molar-refractivity contribution < 1.29 is 4.74 Å². The minimum absolute atomic E-state index is 0.606. The van der Waals surface area contributed by atoms with Crippen LogP contribution in [0, 0.1) is 0 Å². The molecule has 0 spiro atoms. The van der Waals surface area contributed by atoms with Gasteiger partial charge in [0.1, 0.15) is 5.75 Å². The van der Waals surface area contributed by atoms with E-state index in [9.17, 15) is 0 Å². The van der Waals surface area contributed by atoms with E-state index in [0.29, 0.717) is 16.1 Å². The summed E-state index contributed by atoms with van der Waals surface area (Å²) in [4.78, 5) is 5.04. The Morgan fingerprint density at radius 3 is 2.17 bits per heavy atom. The number of allylic oxidation sites excluding steroid dienone is 1. The fraction of sp³-hybridized carbons (Fsp3) is 0.333. The van der Waals surface area contributed by atoms with E-state index in [4.69, 9.17) is 27.9 Å². The summed E-state index contributed by atoms with van der Waals surface area (Å²) in [7, 11) is 1.72. The van der Waals surface area contributed by atoms with Gasteiger partial charge in [0.05, 0.1) is 7.11 Å². The molecule has 1 saturated heterocycles. The number of fused-ring (bicyclic) bond motifs is 1. The first-order valence-electron chi connectivity index (χ1n) is 12.4. The van der Waals surface area contributed by atoms with Crippen molar-refractivity contribution in [3.8, 4) is 5.75 Å². The third kappa shape index (κ3) is 4.95. The Kier molecular flexibility index (Phi) is 7.11. The average molecular weight is 508 g/mol. The second-order valence-corrected chi connectivity index (χ2v) is 10.5. The summed E-state index contributed by atoms with van der Waals surface area (Å²) < 4.78 is 5.51. The first-order chi connectivity index (χ1) is 16.9. The van der Waals surface area contributed by atoms with Crippen LogP contribution in [-0.2, 0) is 6.42 Å². The summed E-state index contributed by atoms with van der Waals surface area (Å²) in [6.45, 7) is 8.90. The minimum Gasteiger partial charge on any atom is -0.497 e. The Bertz CT molecular complexity index is 1240. The Morgan fingerprint density at radius 2 is 1.51 bits per heavy atom. The molecule has 182 valence electrons. The monoisotopic (exact) mass is 506 g/mol. The van der Waals surface area contributed by atoms with Crippen molar-refractivity contribution >= 4 is 40.0 Å². The highest BCUT2D eigenvalue weighted by Crippen LogP contribution is 2.44. The maximum atomic E-state index is 6.70. The van der Waals surface area contributed by atoms with Crippen LogP contribution in [0.4, 0.5) is 5.69 Å². The number of ether oxygens (including phenoxy) is 1. The zero-order valence-corrected chi connectivity index (χ0v) is 22.2. The summed E-state index contributed by atoms with van der Waals surface area (Å²) in [5.41, 5.74) is 8.62. The number of halogens is 2. The van der Waals surface area contributed by atoms with Gasteiger partial charge in [0.25, 0.3) is 0 Å². The lowest BCUT2D eigenvalue weighted by Gasteiger charge is -2.38. The number of anilines is 1. The molecule has 2 aliphatic rings. The molecule has 5 rings (SSSR count). The summed E-state index contributed by atoms with van der Waals surface area (Å²) in [6, 6.07) is 21.9. The fourth-order valence-electron chi connectivity index (χ4n) is 5.36. The van der Waals surface area contributed by atoms with Gasteiger partial charge in [-0.1, -0.05) is 47.5 Å². The second kappa shape index (κ2) is 10.3. The zero-order chi connectivity index (χ0) is 24.5. The van der Waals surface area contributed by atoms with Crippen LogP contribution >= 0.6 is 23.2 Å². The first kappa shape index (κ1) is 24.2. The SMILES string of the molecule is COc1ccc2c(c1)CCC(c1ccc(Cl)cc1Cl)=C2c1ccc(N2CCN(C(C)C)CC2)cc1. The molecular weight excluding hydrogens is 475 g/mol. The van der Waals surface area contributed by atoms with Crippen molar-refractivity contribution in [2.45, 2.75) is 32.7 Å². The van der Waals surface area contributed by atoms with Crippen molar-refractivity contribution in [2.24, 2.45) is 0 Å². The molecular formula is C30H32Cl2N2O. The number of methoxy groups -OCH3 is 1. The summed E-state index contributed by atoms with van der Waals surface area (Å²) in [6.07, 6.45) is 1.86. The van der Waals surface area contributed by atoms with Crippen LogP contribution in [0.5, 0.6) is 5.75 Å². The van der Waals surface area contributed by atoms with E-state index in [-0.39, 0.29) is 0 Å². The van der Waals surface area contributed by atoms with E-state index < -0.39 is 0 Å². The first-order valence-corrected chi connectivity index (χ1v) is 13.2. The molecule has 3 aromatic carbocycles. The maximum absolute atomic E-state index is 6.70. The second-order valence-electron chi connectivity index (χ2n) is 9.66. The third-order valence-corrected chi connectivity index (χ3v) is 7.90. The van der Waals surface area contributed by atoms with E-state index in [2.05, 4.69) is 66.1 Å². The Morgan fingerprint density at radius 1 is 0.800 bits per heavy atom. The predicted molar refractivity (Wildman–Crippen MR) is 149 cm³/mol. The highest BCUT2D eigenvalue weighted by Gasteiger charge is 2.24. The van der Waals surface area contributed by atoms with Crippen molar-refractivity contribution in [3.05, 3.63) is 93.0 Å². The molecule has 1 aliphatic heterocycles. The van der Waals surface area contributed by atoms with Crippen molar-refractivity contribution in [2.75, 3.05) is 38.2 Å². The van der Waals surface area contributed by atoms with Gasteiger partial charge in [-0.2, -0.15) is 0 Å². The smallest absolute Gasteiger partial charge is 0.119 e. The van der Waals surface area contributed by atoms with E-state index in [0.717, 1.165) is 50.3 Å². The molecule has 3 aromatic rings. The van der Waals surface area contributed by atoms with Gasteiger partial charge in [0.2, 0.25) is 0 Å². The number of nitrogens with zero attached hydrogens (tertiary/aromatic N) is 2. The quantitative estimate of drug-likeness (QED) is 0.357. The minimum atomic E-state index is 0.606. The standard InChI is InChI=1S/C30H32Cl2N2O/c1-20(2)33-14-16-34(17-15-33)24-8-4-21(5-9-24)30-26-13-10-25(35-3)18-22(26)6-11-28(30)27-12-7-23(31)19-29(27)32/h4-5,7-10,12-13,18-20H,6,11,14-17H2,1-3H3. The van der Waals surface area contributed by atoms with Crippen LogP contribution in [0.3, 0.4) is 0 Å². The van der Waals surface area contributed by atoms with Gasteiger partial charge in [-0.3, -0.25) is 4.90 Å². The molecule has 0 aromatic heterocycles. The molecule has 1 aliphatic carbocycles. The average Bonchev–Trinajstić information content (AvgIpc) is 2.88. The number of rotatable bonds is 5. The number of piperazine rings is 1. The number of aryl methyl sites for hydroxylation is 1. The van der Waals surface area contributed by atoms with Gasteiger partial charge in [-0.05, 0) is 96.5 Å². The molecule has 0 radical (unpaired) electrons. The van der Waals surface area contributed by atoms with Crippen molar-refractivity contribution in [1.29, 1.82) is 0 Å². The van der Waals surface area contributed by atoms with E-state index in [1.165, 1.54) is 33.5 Å². The normalized spacial score (nSPS) is 16.6. The van der Waals surface area contributed by atoms with Crippen LogP contribution < -0.4 is 9.64 Å². The van der Waals surface area contributed by atoms with Gasteiger partial charge in [0, 0.05) is 48.0 Å². The highest BCUT2D eigenvalue weighted by atomic mass is 35.5. The van der Waals surface area contributed by atoms with Crippen molar-refractivity contribution in [1.82, 2.24) is 4.90 Å². The molecule has 0 saturated carbocycles. The van der Waals surface area contributed by atoms with Gasteiger partial charge < -0.3 is 9.64 Å². The molecule has 0 amide bonds. The number of hydrogen-bond donors (Lipinski definition) is 0. The van der Waals surface area contributed by atoms with E-state index >= 15 is 0 Å². The van der Waals surface area contributed by atoms with Crippen LogP contribution in [0.1, 0.15) is 42.5 Å². The van der Waals surface area contributed by atoms with Gasteiger partial charge in [-0.15, -0.1) is 0 Å². The van der Waals surface area contributed by atoms with Crippen LogP contribution in [0.2, 0.25) is 10.0 Å². The maximum Gasteiger partial charge on any atom is 0.119 e. The molecule has 1 heterocycles. The van der Waals surface area contributed by atoms with Gasteiger partial charge >= 0.3 is 0 Å². The summed E-state index contributed by atoms with van der Waals surface area (Å²) in [5.74, 6) is 0.895. The van der Waals surface area contributed by atoms with Gasteiger partial charge in [-0.25, -0.2) is 0 Å². The van der Waals surface area contributed by atoms with E-state index in [1.807, 2.05) is 18.2 Å². The molecule has 0 N–H and O–H groups in total. The molecule has 35 heavy (non-hydrogen) atoms. The molecule has 0 unspecified atom stereocenters. The lowest BCUT2D eigenvalue weighted by atomic mass is 9.79. The molecule has 1 fully saturated rings. The highest BCUT2D eigenvalue weighted by molar-refractivity contribution is 6.36. The topological polar surface area (TPSA) is 15.7 Å². The van der Waals surface area contributed by atoms with Crippen LogP contribution in [0.25, 0.3) is 11.1 Å². The number of hydrogen-bond acceptors (Lipinski definition) is 3. The fourth-order valence-corrected chi connectivity index (χ4v) is 5.89. The summed E-state index contributed by atoms with van der Waals surface area (Å²) in [5, 5.41) is 1.35. The lowest BCUT2D eigenvalue weighted by Crippen LogP contribution is -2.48. The Hall–Kier alpha value is -2.46. The molecule has 3 nitrogen and oxygen atoms in total. The summed E-state index contributed by atoms with van der Waals surface area (Å²) >= 11 is 12.9. The third-order valence-electron chi connectivity index (χ3n) is 7.35. The van der Waals surface area contributed by atoms with Gasteiger partial charge in [0.15, 0.2) is 0 Å². The van der Waals surface area contributed by atoms with Crippen LogP contribution in [0.15, 0.2) is 60.7 Å².